The van der Waals surface area contributed by atoms with E-state index in [0.717, 1.165) is 18.2 Å². The van der Waals surface area contributed by atoms with Gasteiger partial charge in [0.1, 0.15) is 11.6 Å². The molecule has 1 aromatic carbocycles. The Balaban J connectivity index is 1.99. The van der Waals surface area contributed by atoms with Gasteiger partial charge in [0.05, 0.1) is 6.54 Å². The Morgan fingerprint density at radius 1 is 1.22 bits per heavy atom. The first-order valence-electron chi connectivity index (χ1n) is 5.34. The van der Waals surface area contributed by atoms with Crippen molar-refractivity contribution in [3.8, 4) is 0 Å². The van der Waals surface area contributed by atoms with Crippen LogP contribution in [0.3, 0.4) is 0 Å². The lowest BCUT2D eigenvalue weighted by Gasteiger charge is -2.03. The van der Waals surface area contributed by atoms with Crippen molar-refractivity contribution in [2.75, 3.05) is 12.4 Å². The van der Waals surface area contributed by atoms with Gasteiger partial charge in [0.15, 0.2) is 0 Å². The van der Waals surface area contributed by atoms with Crippen molar-refractivity contribution in [3.05, 3.63) is 41.3 Å². The summed E-state index contributed by atoms with van der Waals surface area (Å²) in [6.45, 7) is 0.522. The van der Waals surface area contributed by atoms with Crippen molar-refractivity contribution >= 4 is 6.01 Å². The fraction of sp³-hybridized carbons (Fsp3) is 0.273. The number of halogens is 2. The molecule has 0 amide bonds. The molecule has 0 atom stereocenters. The Hall–Kier alpha value is -2.02. The number of hydrogen-bond acceptors (Lipinski definition) is 5. The summed E-state index contributed by atoms with van der Waals surface area (Å²) in [5, 5.41) is 13.1. The van der Waals surface area contributed by atoms with Crippen molar-refractivity contribution in [2.45, 2.75) is 13.1 Å². The molecular weight excluding hydrogens is 242 g/mol. The van der Waals surface area contributed by atoms with E-state index in [4.69, 9.17) is 4.42 Å². The molecule has 0 aliphatic heterocycles. The van der Waals surface area contributed by atoms with E-state index in [9.17, 15) is 8.78 Å². The molecule has 1 aromatic heterocycles. The first-order chi connectivity index (χ1) is 8.69. The number of rotatable bonds is 5. The highest BCUT2D eigenvalue weighted by Crippen LogP contribution is 2.12. The number of nitrogens with one attached hydrogen (secondary N) is 2. The van der Waals surface area contributed by atoms with Crippen LogP contribution in [0.4, 0.5) is 14.8 Å². The molecule has 7 heteroatoms. The smallest absolute Gasteiger partial charge is 0.315 e. The first kappa shape index (κ1) is 12.4. The average Bonchev–Trinajstić information content (AvgIpc) is 2.79. The number of benzene rings is 1. The molecule has 1 heterocycles. The zero-order chi connectivity index (χ0) is 13.0. The van der Waals surface area contributed by atoms with Crippen LogP contribution in [0, 0.1) is 11.6 Å². The van der Waals surface area contributed by atoms with Gasteiger partial charge in [-0.1, -0.05) is 5.10 Å². The normalized spacial score (nSPS) is 10.6. The van der Waals surface area contributed by atoms with Gasteiger partial charge in [-0.2, -0.15) is 0 Å². The topological polar surface area (TPSA) is 63.0 Å². The molecule has 0 fully saturated rings. The van der Waals surface area contributed by atoms with Crippen LogP contribution in [0.1, 0.15) is 11.5 Å². The summed E-state index contributed by atoms with van der Waals surface area (Å²) < 4.78 is 31.4. The first-order valence-corrected chi connectivity index (χ1v) is 5.34. The maximum absolute atomic E-state index is 13.3. The van der Waals surface area contributed by atoms with Crippen molar-refractivity contribution in [1.82, 2.24) is 15.5 Å². The summed E-state index contributed by atoms with van der Waals surface area (Å²) in [6, 6.07) is 3.43. The van der Waals surface area contributed by atoms with Gasteiger partial charge in [-0.05, 0) is 25.2 Å². The molecule has 0 spiro atoms. The third kappa shape index (κ3) is 3.01. The van der Waals surface area contributed by atoms with Gasteiger partial charge in [0.25, 0.3) is 0 Å². The van der Waals surface area contributed by atoms with E-state index < -0.39 is 11.6 Å². The van der Waals surface area contributed by atoms with E-state index in [1.165, 1.54) is 0 Å². The van der Waals surface area contributed by atoms with Crippen molar-refractivity contribution in [2.24, 2.45) is 0 Å². The fourth-order valence-electron chi connectivity index (χ4n) is 1.40. The summed E-state index contributed by atoms with van der Waals surface area (Å²) in [5.74, 6) is -0.562. The van der Waals surface area contributed by atoms with Crippen molar-refractivity contribution < 1.29 is 13.2 Å². The Kier molecular flexibility index (Phi) is 3.83. The standard InChI is InChI=1S/C11H12F2N4O/c1-14-6-10-16-17-11(18-10)15-5-7-4-8(12)2-3-9(7)13/h2-4,14H,5-6H2,1H3,(H,15,17). The lowest BCUT2D eigenvalue weighted by atomic mass is 10.2. The molecule has 0 radical (unpaired) electrons. The van der Waals surface area contributed by atoms with Crippen LogP contribution in [0.5, 0.6) is 0 Å². The maximum atomic E-state index is 13.3. The van der Waals surface area contributed by atoms with Crippen LogP contribution >= 0.6 is 0 Å². The molecule has 96 valence electrons. The number of aromatic nitrogens is 2. The largest absolute Gasteiger partial charge is 0.407 e. The van der Waals surface area contributed by atoms with Gasteiger partial charge in [-0.15, -0.1) is 5.10 Å². The van der Waals surface area contributed by atoms with Crippen LogP contribution in [0.15, 0.2) is 22.6 Å². The average molecular weight is 254 g/mol. The van der Waals surface area contributed by atoms with E-state index in [1.54, 1.807) is 7.05 Å². The van der Waals surface area contributed by atoms with Crippen LogP contribution in [-0.2, 0) is 13.1 Å². The Morgan fingerprint density at radius 2 is 2.06 bits per heavy atom. The summed E-state index contributed by atoms with van der Waals surface area (Å²) >= 11 is 0. The molecular formula is C11H12F2N4O. The fourth-order valence-corrected chi connectivity index (χ4v) is 1.40. The van der Waals surface area contributed by atoms with Gasteiger partial charge >= 0.3 is 6.01 Å². The molecule has 0 aliphatic carbocycles. The third-order valence-electron chi connectivity index (χ3n) is 2.23. The van der Waals surface area contributed by atoms with Gasteiger partial charge in [-0.25, -0.2) is 8.78 Å². The van der Waals surface area contributed by atoms with Gasteiger partial charge < -0.3 is 15.1 Å². The minimum atomic E-state index is -0.491. The predicted octanol–water partition coefficient (Wildman–Crippen LogP) is 1.68. The summed E-state index contributed by atoms with van der Waals surface area (Å²) in [4.78, 5) is 0. The number of anilines is 1. The molecule has 5 nitrogen and oxygen atoms in total. The molecule has 0 saturated carbocycles. The third-order valence-corrected chi connectivity index (χ3v) is 2.23. The zero-order valence-corrected chi connectivity index (χ0v) is 9.70. The molecule has 18 heavy (non-hydrogen) atoms. The van der Waals surface area contributed by atoms with Gasteiger partial charge in [-0.3, -0.25) is 0 Å². The highest BCUT2D eigenvalue weighted by molar-refractivity contribution is 5.25. The van der Waals surface area contributed by atoms with Crippen LogP contribution in [0.25, 0.3) is 0 Å². The summed E-state index contributed by atoms with van der Waals surface area (Å²) in [5.41, 5.74) is 0.198. The number of nitrogens with zero attached hydrogens (tertiary/aromatic N) is 2. The molecule has 0 saturated heterocycles. The van der Waals surface area contributed by atoms with E-state index >= 15 is 0 Å². The van der Waals surface area contributed by atoms with Crippen molar-refractivity contribution in [3.63, 3.8) is 0 Å². The molecule has 0 aliphatic rings. The minimum absolute atomic E-state index is 0.0742. The monoisotopic (exact) mass is 254 g/mol. The van der Waals surface area contributed by atoms with E-state index in [1.807, 2.05) is 0 Å². The summed E-state index contributed by atoms with van der Waals surface area (Å²) in [6.07, 6.45) is 0. The van der Waals surface area contributed by atoms with Crippen molar-refractivity contribution in [1.29, 1.82) is 0 Å². The second kappa shape index (κ2) is 5.54. The quantitative estimate of drug-likeness (QED) is 0.850. The lowest BCUT2D eigenvalue weighted by molar-refractivity contribution is 0.488. The molecule has 2 N–H and O–H groups in total. The van der Waals surface area contributed by atoms with Crippen LogP contribution < -0.4 is 10.6 Å². The van der Waals surface area contributed by atoms with Gasteiger partial charge in [0, 0.05) is 12.1 Å². The molecule has 0 unspecified atom stereocenters. The number of hydrogen-bond donors (Lipinski definition) is 2. The Morgan fingerprint density at radius 3 is 2.83 bits per heavy atom. The molecule has 0 bridgehead atoms. The van der Waals surface area contributed by atoms with Crippen LogP contribution in [0.2, 0.25) is 0 Å². The minimum Gasteiger partial charge on any atom is -0.407 e. The highest BCUT2D eigenvalue weighted by Gasteiger charge is 2.07. The zero-order valence-electron chi connectivity index (χ0n) is 9.70. The second-order valence-corrected chi connectivity index (χ2v) is 3.62. The Bertz CT molecular complexity index is 530. The van der Waals surface area contributed by atoms with E-state index in [-0.39, 0.29) is 18.1 Å². The van der Waals surface area contributed by atoms with Gasteiger partial charge in [0.2, 0.25) is 5.89 Å². The Labute approximate surface area is 102 Å². The van der Waals surface area contributed by atoms with E-state index in [0.29, 0.717) is 12.4 Å². The summed E-state index contributed by atoms with van der Waals surface area (Å²) in [7, 11) is 1.75. The molecule has 2 aromatic rings. The lowest BCUT2D eigenvalue weighted by Crippen LogP contribution is -2.05. The SMILES string of the molecule is CNCc1nnc(NCc2cc(F)ccc2F)o1. The predicted molar refractivity (Wildman–Crippen MR) is 60.7 cm³/mol. The van der Waals surface area contributed by atoms with E-state index in [2.05, 4.69) is 20.8 Å². The maximum Gasteiger partial charge on any atom is 0.315 e. The molecule has 2 rings (SSSR count). The van der Waals surface area contributed by atoms with Crippen LogP contribution in [-0.4, -0.2) is 17.2 Å². The highest BCUT2D eigenvalue weighted by atomic mass is 19.1. The second-order valence-electron chi connectivity index (χ2n) is 3.62.